The van der Waals surface area contributed by atoms with Crippen LogP contribution < -0.4 is 11.1 Å². The van der Waals surface area contributed by atoms with Gasteiger partial charge in [-0.1, -0.05) is 29.8 Å². The highest BCUT2D eigenvalue weighted by molar-refractivity contribution is 5.86. The van der Waals surface area contributed by atoms with Crippen molar-refractivity contribution in [2.24, 2.45) is 5.73 Å². The predicted octanol–water partition coefficient (Wildman–Crippen LogP) is 0.764. The third-order valence-corrected chi connectivity index (χ3v) is 3.41. The molecule has 0 radical (unpaired) electrons. The fraction of sp³-hybridized carbons (Fsp3) is 0.429. The number of likely N-dealkylation sites (tertiary alicyclic amines) is 1. The van der Waals surface area contributed by atoms with Crippen molar-refractivity contribution in [3.63, 3.8) is 0 Å². The van der Waals surface area contributed by atoms with Crippen molar-refractivity contribution >= 4 is 24.2 Å². The number of halogens is 1. The maximum Gasteiger partial charge on any atom is 0.241 e. The molecular weight excluding hydrogens is 278 g/mol. The molecule has 0 aliphatic carbocycles. The van der Waals surface area contributed by atoms with Crippen molar-refractivity contribution in [3.05, 3.63) is 35.4 Å². The Labute approximate surface area is 124 Å². The molecule has 1 aliphatic rings. The summed E-state index contributed by atoms with van der Waals surface area (Å²) in [5.74, 6) is -0.189. The summed E-state index contributed by atoms with van der Waals surface area (Å²) >= 11 is 0. The number of amides is 2. The summed E-state index contributed by atoms with van der Waals surface area (Å²) in [6.45, 7) is 2.53. The normalized spacial score (nSPS) is 19.4. The summed E-state index contributed by atoms with van der Waals surface area (Å²) in [7, 11) is 1.73. The summed E-state index contributed by atoms with van der Waals surface area (Å²) in [6, 6.07) is 6.73. The number of aryl methyl sites for hydroxylation is 1. The van der Waals surface area contributed by atoms with Gasteiger partial charge in [0.2, 0.25) is 11.8 Å². The van der Waals surface area contributed by atoms with Crippen molar-refractivity contribution in [3.8, 4) is 0 Å². The Morgan fingerprint density at radius 2 is 2.00 bits per heavy atom. The van der Waals surface area contributed by atoms with Crippen LogP contribution in [-0.2, 0) is 9.59 Å². The number of rotatable bonds is 3. The van der Waals surface area contributed by atoms with Crippen LogP contribution in [0, 0.1) is 6.92 Å². The number of nitrogens with zero attached hydrogens (tertiary/aromatic N) is 1. The van der Waals surface area contributed by atoms with Gasteiger partial charge in [-0.05, 0) is 12.5 Å². The SMILES string of the molecule is Cc1ccc(C(N)C(=O)NC2CC(=O)N(C)C2)cc1.Cl. The smallest absolute Gasteiger partial charge is 0.241 e. The molecule has 1 aromatic carbocycles. The third-order valence-electron chi connectivity index (χ3n) is 3.41. The van der Waals surface area contributed by atoms with Crippen molar-refractivity contribution in [1.29, 1.82) is 0 Å². The quantitative estimate of drug-likeness (QED) is 0.865. The highest BCUT2D eigenvalue weighted by atomic mass is 35.5. The van der Waals surface area contributed by atoms with Crippen molar-refractivity contribution < 1.29 is 9.59 Å². The first-order valence-electron chi connectivity index (χ1n) is 6.34. The number of hydrogen-bond donors (Lipinski definition) is 2. The third kappa shape index (κ3) is 3.71. The van der Waals surface area contributed by atoms with Crippen LogP contribution >= 0.6 is 12.4 Å². The van der Waals surface area contributed by atoms with E-state index in [1.54, 1.807) is 11.9 Å². The van der Waals surface area contributed by atoms with E-state index < -0.39 is 6.04 Å². The molecule has 3 N–H and O–H groups in total. The van der Waals surface area contributed by atoms with Gasteiger partial charge in [-0.2, -0.15) is 0 Å². The first-order valence-corrected chi connectivity index (χ1v) is 6.34. The highest BCUT2D eigenvalue weighted by Gasteiger charge is 2.29. The van der Waals surface area contributed by atoms with Gasteiger partial charge >= 0.3 is 0 Å². The first kappa shape index (κ1) is 16.5. The lowest BCUT2D eigenvalue weighted by Crippen LogP contribution is -2.41. The maximum absolute atomic E-state index is 12.0. The molecular formula is C14H20ClN3O2. The molecule has 0 aromatic heterocycles. The number of carbonyl (C=O) groups is 2. The van der Waals surface area contributed by atoms with Crippen LogP contribution in [0.15, 0.2) is 24.3 Å². The number of benzene rings is 1. The fourth-order valence-corrected chi connectivity index (χ4v) is 2.18. The maximum atomic E-state index is 12.0. The number of carbonyl (C=O) groups excluding carboxylic acids is 2. The molecule has 0 bridgehead atoms. The lowest BCUT2D eigenvalue weighted by atomic mass is 10.0. The average molecular weight is 298 g/mol. The monoisotopic (exact) mass is 297 g/mol. The Morgan fingerprint density at radius 1 is 1.40 bits per heavy atom. The van der Waals surface area contributed by atoms with E-state index in [4.69, 9.17) is 5.73 Å². The molecule has 5 nitrogen and oxygen atoms in total. The summed E-state index contributed by atoms with van der Waals surface area (Å²) in [5.41, 5.74) is 7.83. The van der Waals surface area contributed by atoms with Crippen LogP contribution in [0.3, 0.4) is 0 Å². The van der Waals surface area contributed by atoms with E-state index in [0.29, 0.717) is 13.0 Å². The zero-order chi connectivity index (χ0) is 14.0. The second-order valence-electron chi connectivity index (χ2n) is 5.07. The van der Waals surface area contributed by atoms with E-state index in [1.807, 2.05) is 31.2 Å². The lowest BCUT2D eigenvalue weighted by Gasteiger charge is -2.17. The summed E-state index contributed by atoms with van der Waals surface area (Å²) in [6.07, 6.45) is 0.350. The Kier molecular flexibility index (Phi) is 5.53. The molecule has 6 heteroatoms. The Hall–Kier alpha value is -1.59. The molecule has 2 atom stereocenters. The molecule has 1 fully saturated rings. The Bertz CT molecular complexity index is 490. The molecule has 2 amide bonds. The van der Waals surface area contributed by atoms with Gasteiger partial charge in [0.05, 0.1) is 6.04 Å². The van der Waals surface area contributed by atoms with Gasteiger partial charge in [0.25, 0.3) is 0 Å². The van der Waals surface area contributed by atoms with Crippen molar-refractivity contribution in [2.75, 3.05) is 13.6 Å². The zero-order valence-electron chi connectivity index (χ0n) is 11.6. The topological polar surface area (TPSA) is 75.4 Å². The number of hydrogen-bond acceptors (Lipinski definition) is 3. The summed E-state index contributed by atoms with van der Waals surface area (Å²) < 4.78 is 0. The van der Waals surface area contributed by atoms with Crippen molar-refractivity contribution in [1.82, 2.24) is 10.2 Å². The van der Waals surface area contributed by atoms with Gasteiger partial charge in [0, 0.05) is 20.0 Å². The van der Waals surface area contributed by atoms with E-state index in [9.17, 15) is 9.59 Å². The minimum Gasteiger partial charge on any atom is -0.349 e. The van der Waals surface area contributed by atoms with Gasteiger partial charge in [-0.15, -0.1) is 12.4 Å². The first-order chi connectivity index (χ1) is 8.97. The zero-order valence-corrected chi connectivity index (χ0v) is 12.4. The lowest BCUT2D eigenvalue weighted by molar-refractivity contribution is -0.126. The number of nitrogens with one attached hydrogen (secondary N) is 1. The minimum absolute atomic E-state index is 0. The van der Waals surface area contributed by atoms with Gasteiger partial charge in [0.15, 0.2) is 0 Å². The number of likely N-dealkylation sites (N-methyl/N-ethyl adjacent to an activating group) is 1. The molecule has 1 aromatic rings. The highest BCUT2D eigenvalue weighted by Crippen LogP contribution is 2.14. The van der Waals surface area contributed by atoms with E-state index in [2.05, 4.69) is 5.32 Å². The predicted molar refractivity (Wildman–Crippen MR) is 79.5 cm³/mol. The Morgan fingerprint density at radius 3 is 2.50 bits per heavy atom. The fourth-order valence-electron chi connectivity index (χ4n) is 2.18. The van der Waals surface area contributed by atoms with Gasteiger partial charge in [-0.25, -0.2) is 0 Å². The van der Waals surface area contributed by atoms with E-state index in [1.165, 1.54) is 0 Å². The van der Waals surface area contributed by atoms with E-state index in [0.717, 1.165) is 11.1 Å². The molecule has 1 aliphatic heterocycles. The van der Waals surface area contributed by atoms with Gasteiger partial charge < -0.3 is 16.0 Å². The van der Waals surface area contributed by atoms with Crippen LogP contribution in [-0.4, -0.2) is 36.3 Å². The average Bonchev–Trinajstić information content (AvgIpc) is 2.68. The van der Waals surface area contributed by atoms with Crippen LogP contribution in [0.1, 0.15) is 23.6 Å². The Balaban J connectivity index is 0.00000200. The van der Waals surface area contributed by atoms with Gasteiger partial charge in [0.1, 0.15) is 6.04 Å². The second-order valence-corrected chi connectivity index (χ2v) is 5.07. The van der Waals surface area contributed by atoms with Crippen LogP contribution in [0.5, 0.6) is 0 Å². The standard InChI is InChI=1S/C14H19N3O2.ClH/c1-9-3-5-10(6-4-9)13(15)14(19)16-11-7-12(18)17(2)8-11;/h3-6,11,13H,7-8,15H2,1-2H3,(H,16,19);1H. The molecule has 1 saturated heterocycles. The number of nitrogens with two attached hydrogens (primary N) is 1. The van der Waals surface area contributed by atoms with Gasteiger partial charge in [-0.3, -0.25) is 9.59 Å². The van der Waals surface area contributed by atoms with Crippen LogP contribution in [0.25, 0.3) is 0 Å². The largest absolute Gasteiger partial charge is 0.349 e. The minimum atomic E-state index is -0.693. The molecule has 0 saturated carbocycles. The summed E-state index contributed by atoms with van der Waals surface area (Å²) in [4.78, 5) is 25.0. The summed E-state index contributed by atoms with van der Waals surface area (Å²) in [5, 5.41) is 2.83. The molecule has 0 spiro atoms. The van der Waals surface area contributed by atoms with E-state index in [-0.39, 0.29) is 30.3 Å². The molecule has 20 heavy (non-hydrogen) atoms. The van der Waals surface area contributed by atoms with E-state index >= 15 is 0 Å². The van der Waals surface area contributed by atoms with Crippen LogP contribution in [0.2, 0.25) is 0 Å². The second kappa shape index (κ2) is 6.72. The van der Waals surface area contributed by atoms with Crippen LogP contribution in [0.4, 0.5) is 0 Å². The molecule has 2 rings (SSSR count). The molecule has 1 heterocycles. The molecule has 110 valence electrons. The van der Waals surface area contributed by atoms with Crippen molar-refractivity contribution in [2.45, 2.75) is 25.4 Å². The molecule has 2 unspecified atom stereocenters.